The zero-order valence-corrected chi connectivity index (χ0v) is 14.4. The third-order valence-electron chi connectivity index (χ3n) is 3.30. The Morgan fingerprint density at radius 2 is 2.00 bits per heavy atom. The summed E-state index contributed by atoms with van der Waals surface area (Å²) in [7, 11) is 0. The highest BCUT2D eigenvalue weighted by molar-refractivity contribution is 7.18. The molecule has 3 rings (SSSR count). The minimum Gasteiger partial charge on any atom is -0.348 e. The van der Waals surface area contributed by atoms with Gasteiger partial charge in [-0.15, -0.1) is 11.3 Å². The maximum Gasteiger partial charge on any atom is 0.271 e. The van der Waals surface area contributed by atoms with E-state index in [-0.39, 0.29) is 17.8 Å². The van der Waals surface area contributed by atoms with E-state index in [1.54, 1.807) is 18.3 Å². The van der Waals surface area contributed by atoms with Crippen molar-refractivity contribution in [3.05, 3.63) is 47.8 Å². The standard InChI is InChI=1S/C17H17FN4OS/c1-9(2)20-16(23)14-15(11-4-6-12(18)7-5-11)24-17(22-14)13-8-19-10(3)21-13/h4-9H,1-3H3,(H,19,21)(H,20,23). The number of carbonyl (C=O) groups excluding carboxylic acids is 1. The Morgan fingerprint density at radius 3 is 2.58 bits per heavy atom. The van der Waals surface area contributed by atoms with Crippen LogP contribution in [0.15, 0.2) is 30.5 Å². The number of amides is 1. The smallest absolute Gasteiger partial charge is 0.271 e. The first-order valence-electron chi connectivity index (χ1n) is 7.53. The Kier molecular flexibility index (Phi) is 4.44. The largest absolute Gasteiger partial charge is 0.348 e. The lowest BCUT2D eigenvalue weighted by Crippen LogP contribution is -2.30. The zero-order valence-electron chi connectivity index (χ0n) is 13.6. The molecular formula is C17H17FN4OS. The van der Waals surface area contributed by atoms with E-state index in [2.05, 4.69) is 20.3 Å². The third-order valence-corrected chi connectivity index (χ3v) is 4.44. The van der Waals surface area contributed by atoms with Gasteiger partial charge in [0.2, 0.25) is 0 Å². The lowest BCUT2D eigenvalue weighted by Gasteiger charge is -2.07. The maximum absolute atomic E-state index is 13.2. The first-order valence-corrected chi connectivity index (χ1v) is 8.35. The molecule has 0 bridgehead atoms. The number of rotatable bonds is 4. The van der Waals surface area contributed by atoms with Crippen molar-refractivity contribution >= 4 is 17.2 Å². The third kappa shape index (κ3) is 3.35. The average molecular weight is 344 g/mol. The van der Waals surface area contributed by atoms with Crippen LogP contribution >= 0.6 is 11.3 Å². The lowest BCUT2D eigenvalue weighted by atomic mass is 10.1. The SMILES string of the molecule is Cc1ncc(-c2nc(C(=O)NC(C)C)c(-c3ccc(F)cc3)s2)[nH]1. The summed E-state index contributed by atoms with van der Waals surface area (Å²) in [6.45, 7) is 5.63. The molecule has 124 valence electrons. The van der Waals surface area contributed by atoms with Crippen LogP contribution in [0, 0.1) is 12.7 Å². The molecule has 0 aliphatic rings. The van der Waals surface area contributed by atoms with Crippen molar-refractivity contribution in [3.8, 4) is 21.1 Å². The van der Waals surface area contributed by atoms with Gasteiger partial charge >= 0.3 is 0 Å². The Hall–Kier alpha value is -2.54. The normalized spacial score (nSPS) is 11.0. The summed E-state index contributed by atoms with van der Waals surface area (Å²) < 4.78 is 13.2. The molecule has 0 unspecified atom stereocenters. The van der Waals surface area contributed by atoms with Gasteiger partial charge in [-0.1, -0.05) is 12.1 Å². The van der Waals surface area contributed by atoms with Crippen molar-refractivity contribution in [2.24, 2.45) is 0 Å². The van der Waals surface area contributed by atoms with Crippen molar-refractivity contribution in [3.63, 3.8) is 0 Å². The van der Waals surface area contributed by atoms with E-state index in [0.29, 0.717) is 15.6 Å². The molecule has 0 spiro atoms. The average Bonchev–Trinajstić information content (AvgIpc) is 3.13. The van der Waals surface area contributed by atoms with E-state index in [9.17, 15) is 9.18 Å². The maximum atomic E-state index is 13.2. The van der Waals surface area contributed by atoms with E-state index in [1.165, 1.54) is 23.5 Å². The molecule has 0 fully saturated rings. The number of imidazole rings is 1. The topological polar surface area (TPSA) is 70.7 Å². The van der Waals surface area contributed by atoms with Crippen LogP contribution in [0.2, 0.25) is 0 Å². The molecule has 24 heavy (non-hydrogen) atoms. The van der Waals surface area contributed by atoms with Crippen molar-refractivity contribution in [2.45, 2.75) is 26.8 Å². The Morgan fingerprint density at radius 1 is 1.29 bits per heavy atom. The van der Waals surface area contributed by atoms with Gasteiger partial charge in [0.15, 0.2) is 0 Å². The van der Waals surface area contributed by atoms with E-state index in [0.717, 1.165) is 17.1 Å². The van der Waals surface area contributed by atoms with Crippen LogP contribution in [-0.4, -0.2) is 26.9 Å². The summed E-state index contributed by atoms with van der Waals surface area (Å²) in [4.78, 5) is 25.0. The quantitative estimate of drug-likeness (QED) is 0.756. The molecule has 2 aromatic heterocycles. The van der Waals surface area contributed by atoms with E-state index in [1.807, 2.05) is 20.8 Å². The Bertz CT molecular complexity index is 867. The molecule has 2 N–H and O–H groups in total. The summed E-state index contributed by atoms with van der Waals surface area (Å²) in [6, 6.07) is 6.05. The molecule has 1 aromatic carbocycles. The molecule has 5 nitrogen and oxygen atoms in total. The summed E-state index contributed by atoms with van der Waals surface area (Å²) in [5.41, 5.74) is 1.84. The van der Waals surface area contributed by atoms with Crippen LogP contribution in [-0.2, 0) is 0 Å². The van der Waals surface area contributed by atoms with Gasteiger partial charge in [-0.05, 0) is 38.5 Å². The van der Waals surface area contributed by atoms with Gasteiger partial charge in [-0.2, -0.15) is 0 Å². The second-order valence-electron chi connectivity index (χ2n) is 5.71. The predicted octanol–water partition coefficient (Wildman–Crippen LogP) is 3.79. The highest BCUT2D eigenvalue weighted by atomic mass is 32.1. The van der Waals surface area contributed by atoms with E-state index in [4.69, 9.17) is 0 Å². The fourth-order valence-electron chi connectivity index (χ4n) is 2.25. The summed E-state index contributed by atoms with van der Waals surface area (Å²) in [5.74, 6) is 0.209. The number of thiazole rings is 1. The second-order valence-corrected chi connectivity index (χ2v) is 6.71. The first kappa shape index (κ1) is 16.3. The molecule has 0 aliphatic heterocycles. The molecule has 0 atom stereocenters. The van der Waals surface area contributed by atoms with Gasteiger partial charge in [0, 0.05) is 6.04 Å². The first-order chi connectivity index (χ1) is 11.4. The fraction of sp³-hybridized carbons (Fsp3) is 0.235. The minimum atomic E-state index is -0.319. The molecule has 0 radical (unpaired) electrons. The summed E-state index contributed by atoms with van der Waals surface area (Å²) in [6.07, 6.45) is 1.69. The lowest BCUT2D eigenvalue weighted by molar-refractivity contribution is 0.0939. The Labute approximate surface area is 143 Å². The van der Waals surface area contributed by atoms with Gasteiger partial charge in [-0.3, -0.25) is 4.79 Å². The van der Waals surface area contributed by atoms with Crippen molar-refractivity contribution < 1.29 is 9.18 Å². The predicted molar refractivity (Wildman–Crippen MR) is 92.4 cm³/mol. The highest BCUT2D eigenvalue weighted by Crippen LogP contribution is 2.35. The van der Waals surface area contributed by atoms with Gasteiger partial charge in [0.05, 0.1) is 16.8 Å². The number of H-pyrrole nitrogens is 1. The number of halogens is 1. The molecule has 3 aromatic rings. The monoisotopic (exact) mass is 344 g/mol. The second kappa shape index (κ2) is 6.52. The minimum absolute atomic E-state index is 0.00174. The van der Waals surface area contributed by atoms with Crippen LogP contribution in [0.25, 0.3) is 21.1 Å². The van der Waals surface area contributed by atoms with Crippen molar-refractivity contribution in [2.75, 3.05) is 0 Å². The van der Waals surface area contributed by atoms with Crippen LogP contribution in [0.5, 0.6) is 0 Å². The van der Waals surface area contributed by atoms with Crippen molar-refractivity contribution in [1.29, 1.82) is 0 Å². The van der Waals surface area contributed by atoms with Crippen LogP contribution in [0.3, 0.4) is 0 Å². The molecule has 2 heterocycles. The van der Waals surface area contributed by atoms with Crippen LogP contribution in [0.4, 0.5) is 4.39 Å². The number of hydrogen-bond acceptors (Lipinski definition) is 4. The number of hydrogen-bond donors (Lipinski definition) is 2. The fourth-order valence-corrected chi connectivity index (χ4v) is 3.28. The van der Waals surface area contributed by atoms with Crippen molar-refractivity contribution in [1.82, 2.24) is 20.3 Å². The van der Waals surface area contributed by atoms with Gasteiger partial charge in [0.25, 0.3) is 5.91 Å². The van der Waals surface area contributed by atoms with Gasteiger partial charge in [0.1, 0.15) is 22.3 Å². The molecular weight excluding hydrogens is 327 g/mol. The number of aryl methyl sites for hydroxylation is 1. The number of benzene rings is 1. The highest BCUT2D eigenvalue weighted by Gasteiger charge is 2.21. The number of carbonyl (C=O) groups is 1. The van der Waals surface area contributed by atoms with Crippen LogP contribution < -0.4 is 5.32 Å². The number of aromatic nitrogens is 3. The zero-order chi connectivity index (χ0) is 17.3. The van der Waals surface area contributed by atoms with Gasteiger partial charge < -0.3 is 10.3 Å². The number of nitrogens with one attached hydrogen (secondary N) is 2. The summed E-state index contributed by atoms with van der Waals surface area (Å²) >= 11 is 1.37. The van der Waals surface area contributed by atoms with Gasteiger partial charge in [-0.25, -0.2) is 14.4 Å². The number of aromatic amines is 1. The molecule has 7 heteroatoms. The molecule has 0 aliphatic carbocycles. The molecule has 1 amide bonds. The Balaban J connectivity index is 2.09. The van der Waals surface area contributed by atoms with E-state index >= 15 is 0 Å². The van der Waals surface area contributed by atoms with Crippen LogP contribution in [0.1, 0.15) is 30.2 Å². The number of nitrogens with zero attached hydrogens (tertiary/aromatic N) is 2. The molecule has 0 saturated heterocycles. The summed E-state index contributed by atoms with van der Waals surface area (Å²) in [5, 5.41) is 3.53. The molecule has 0 saturated carbocycles. The van der Waals surface area contributed by atoms with E-state index < -0.39 is 0 Å².